The zero-order valence-electron chi connectivity index (χ0n) is 83.6. The topological polar surface area (TPSA) is 109 Å². The first kappa shape index (κ1) is 107. The lowest BCUT2D eigenvalue weighted by molar-refractivity contribution is -0.0778. The van der Waals surface area contributed by atoms with Crippen molar-refractivity contribution in [2.45, 2.75) is 334 Å². The first-order chi connectivity index (χ1) is 51.8. The molecule has 9 heterocycles. The van der Waals surface area contributed by atoms with Gasteiger partial charge in [-0.05, 0) is 183 Å². The Labute approximate surface area is 710 Å². The van der Waals surface area contributed by atoms with Crippen LogP contribution < -0.4 is 16.0 Å². The second kappa shape index (κ2) is 47.3. The van der Waals surface area contributed by atoms with Gasteiger partial charge >= 0.3 is 0 Å². The maximum atomic E-state index is 5.91. The smallest absolute Gasteiger partial charge is 0.100 e. The number of piperazine rings is 7. The van der Waals surface area contributed by atoms with Gasteiger partial charge in [0.2, 0.25) is 0 Å². The molecule has 4 bridgehead atoms. The van der Waals surface area contributed by atoms with Crippen LogP contribution in [0.2, 0.25) is 0 Å². The summed E-state index contributed by atoms with van der Waals surface area (Å²) in [5.41, 5.74) is 3.11. The van der Waals surface area contributed by atoms with E-state index in [9.17, 15) is 0 Å². The van der Waals surface area contributed by atoms with Crippen molar-refractivity contribution < 1.29 is 14.2 Å². The summed E-state index contributed by atoms with van der Waals surface area (Å²) in [6, 6.07) is 3.07. The van der Waals surface area contributed by atoms with Gasteiger partial charge in [0.25, 0.3) is 0 Å². The second-order valence-corrected chi connectivity index (χ2v) is 49.2. The van der Waals surface area contributed by atoms with Crippen LogP contribution in [0.3, 0.4) is 0 Å². The zero-order chi connectivity index (χ0) is 86.9. The Morgan fingerprint density at radius 3 is 0.640 bits per heavy atom. The summed E-state index contributed by atoms with van der Waals surface area (Å²) in [5, 5.41) is 10.7. The van der Waals surface area contributed by atoms with Crippen LogP contribution >= 0.6 is 0 Å². The molecule has 114 heavy (non-hydrogen) atoms. The van der Waals surface area contributed by atoms with Gasteiger partial charge in [-0.1, -0.05) is 138 Å². The quantitative estimate of drug-likeness (QED) is 0.107. The molecule has 0 unspecified atom stereocenters. The molecule has 0 amide bonds. The van der Waals surface area contributed by atoms with Gasteiger partial charge in [-0.15, -0.1) is 0 Å². The Hall–Kier alpha value is -0.800. The summed E-state index contributed by atoms with van der Waals surface area (Å²) >= 11 is 0. The molecule has 9 rings (SSSR count). The number of hydrogen-bond acceptors (Lipinski definition) is 20. The lowest BCUT2D eigenvalue weighted by Crippen LogP contribution is -2.53. The van der Waals surface area contributed by atoms with Crippen molar-refractivity contribution >= 4 is 0 Å². The molecule has 0 spiro atoms. The fourth-order valence-corrected chi connectivity index (χ4v) is 16.0. The molecule has 0 saturated carbocycles. The van der Waals surface area contributed by atoms with Crippen molar-refractivity contribution in [1.29, 1.82) is 0 Å². The Balaban J connectivity index is 0.000000346. The maximum absolute atomic E-state index is 5.91. The normalized spacial score (nSPS) is 24.1. The minimum absolute atomic E-state index is 0.0209. The van der Waals surface area contributed by atoms with Gasteiger partial charge in [-0.3, -0.25) is 55.1 Å². The predicted molar refractivity (Wildman–Crippen MR) is 494 cm³/mol. The molecular formula is C94H201N17O3. The van der Waals surface area contributed by atoms with E-state index in [1.807, 2.05) is 0 Å². The van der Waals surface area contributed by atoms with E-state index in [0.29, 0.717) is 32.5 Å². The van der Waals surface area contributed by atoms with Crippen LogP contribution in [0.5, 0.6) is 0 Å². The first-order valence-corrected chi connectivity index (χ1v) is 46.1. The number of likely N-dealkylation sites (tertiary alicyclic amines) is 4. The fraction of sp³-hybridized carbons (Fsp3) is 1.00. The minimum Gasteiger partial charge on any atom is -0.360 e. The SMILES string of the molecule is CC(C)(C)CN1CCN(CNC(C)(C)C)CC1.CC(C)(C)CN1CCN(CNC(C)(C)C)CC1.CC(C)(C)CN1CCN(COC(C)(C)C)CC1.CC(C)(C)CN1CCN(COC(C)(C)C)CC1.CC(C)(C)CN1C[C@@H]2C[C@H]1CN2CNC(C)(C)C.CC(C)(C)CN1C[C@@H]2C[C@H]1CN2COC(C)(C)C.CCN1CCN(CC)CC1. The van der Waals surface area contributed by atoms with E-state index < -0.39 is 0 Å². The van der Waals surface area contributed by atoms with Crippen LogP contribution in [0.1, 0.15) is 276 Å². The molecule has 9 aliphatic heterocycles. The Morgan fingerprint density at radius 1 is 0.219 bits per heavy atom. The average Bonchev–Trinajstić information content (AvgIpc) is 1.64. The van der Waals surface area contributed by atoms with E-state index in [0.717, 1.165) is 90.5 Å². The molecule has 0 aromatic heterocycles. The Morgan fingerprint density at radius 2 is 0.421 bits per heavy atom. The summed E-state index contributed by atoms with van der Waals surface area (Å²) in [7, 11) is 0. The first-order valence-electron chi connectivity index (χ1n) is 46.1. The number of nitrogens with one attached hydrogen (secondary N) is 3. The van der Waals surface area contributed by atoms with Crippen molar-refractivity contribution in [1.82, 2.24) is 84.5 Å². The number of ether oxygens (including phenoxy) is 3. The Bertz CT molecular complexity index is 2220. The molecule has 0 radical (unpaired) electrons. The molecule has 20 heteroatoms. The lowest BCUT2D eigenvalue weighted by Gasteiger charge is -2.38. The fourth-order valence-electron chi connectivity index (χ4n) is 16.0. The summed E-state index contributed by atoms with van der Waals surface area (Å²) in [6.45, 7) is 129. The number of rotatable bonds is 20. The van der Waals surface area contributed by atoms with Crippen molar-refractivity contribution in [2.75, 3.05) is 250 Å². The summed E-state index contributed by atoms with van der Waals surface area (Å²) in [6.07, 6.45) is 2.71. The van der Waals surface area contributed by atoms with Gasteiger partial charge < -0.3 is 43.6 Å². The molecule has 680 valence electrons. The van der Waals surface area contributed by atoms with Crippen molar-refractivity contribution in [3.05, 3.63) is 0 Å². The van der Waals surface area contributed by atoms with E-state index in [-0.39, 0.29) is 33.4 Å². The van der Waals surface area contributed by atoms with Crippen molar-refractivity contribution in [3.8, 4) is 0 Å². The third-order valence-electron chi connectivity index (χ3n) is 21.8. The molecule has 9 saturated heterocycles. The highest BCUT2D eigenvalue weighted by atomic mass is 16.5. The monoisotopic (exact) mass is 1620 g/mol. The van der Waals surface area contributed by atoms with E-state index in [1.165, 1.54) is 196 Å². The van der Waals surface area contributed by atoms with Gasteiger partial charge in [0.05, 0.1) is 30.3 Å². The van der Waals surface area contributed by atoms with E-state index in [4.69, 9.17) is 14.2 Å². The molecule has 0 aliphatic carbocycles. The van der Waals surface area contributed by atoms with E-state index in [1.54, 1.807) is 0 Å². The standard InChI is InChI=1S/C15H31N3.C15H30N2O.2C14H31N3.2C14H30N2O.C8H18N2/c1-14(2,3)10-17-8-13-7-12(17)9-18(13)11-16-15(4,5)6;1-14(2,3)10-16-8-13-7-12(16)9-17(13)11-18-15(4,5)6;2*1-13(2,3)11-16-7-9-17(10-8-16)12-15-14(4,5)6;2*1-13(2,3)11-15-7-9-16(10-8-15)12-17-14(4,5)6;1-3-9-5-7-10(4-2)8-6-9/h12-13,16H,7-11H2,1-6H3;12-13H,7-11H2,1-6H3;2*15H,7-12H2,1-6H3;2*7-12H2,1-6H3;3-8H2,1-2H3/t2*12-,13-;;;;;/m00...../s1. The molecular weight excluding hydrogens is 1420 g/mol. The number of fused-ring (bicyclic) bond motifs is 4. The summed E-state index contributed by atoms with van der Waals surface area (Å²) in [5.74, 6) is 0. The highest BCUT2D eigenvalue weighted by Gasteiger charge is 2.46. The predicted octanol–water partition coefficient (Wildman–Crippen LogP) is 14.2. The van der Waals surface area contributed by atoms with E-state index >= 15 is 0 Å². The van der Waals surface area contributed by atoms with E-state index in [2.05, 4.69) is 348 Å². The van der Waals surface area contributed by atoms with Crippen LogP contribution in [0.15, 0.2) is 0 Å². The van der Waals surface area contributed by atoms with Crippen LogP contribution in [-0.4, -0.2) is 376 Å². The van der Waals surface area contributed by atoms with Gasteiger partial charge in [0.1, 0.15) is 6.73 Å². The highest BCUT2D eigenvalue weighted by molar-refractivity contribution is 5.02. The van der Waals surface area contributed by atoms with Crippen LogP contribution in [-0.2, 0) is 14.2 Å². The molecule has 0 aromatic carbocycles. The molecule has 20 nitrogen and oxygen atoms in total. The van der Waals surface area contributed by atoms with Crippen LogP contribution in [0, 0.1) is 32.5 Å². The summed E-state index contributed by atoms with van der Waals surface area (Å²) < 4.78 is 17.5. The number of hydrogen-bond donors (Lipinski definition) is 3. The molecule has 4 atom stereocenters. The minimum atomic E-state index is -0.0253. The average molecular weight is 1620 g/mol. The maximum Gasteiger partial charge on any atom is 0.100 e. The molecule has 9 aliphatic rings. The highest BCUT2D eigenvalue weighted by Crippen LogP contribution is 2.35. The molecule has 9 fully saturated rings. The molecule has 0 aromatic rings. The number of nitrogens with zero attached hydrogens (tertiary/aromatic N) is 14. The summed E-state index contributed by atoms with van der Waals surface area (Å²) in [4.78, 5) is 35.7. The third kappa shape index (κ3) is 53.3. The largest absolute Gasteiger partial charge is 0.360 e. The van der Waals surface area contributed by atoms with Gasteiger partial charge in [-0.25, -0.2) is 0 Å². The van der Waals surface area contributed by atoms with Crippen molar-refractivity contribution in [2.24, 2.45) is 32.5 Å². The van der Waals surface area contributed by atoms with Crippen LogP contribution in [0.4, 0.5) is 0 Å². The lowest BCUT2D eigenvalue weighted by atomic mass is 9.95. The Kier molecular flexibility index (Phi) is 44.6. The van der Waals surface area contributed by atoms with Gasteiger partial charge in [-0.2, -0.15) is 0 Å². The zero-order valence-corrected chi connectivity index (χ0v) is 83.6. The van der Waals surface area contributed by atoms with Crippen LogP contribution in [0.25, 0.3) is 0 Å². The van der Waals surface area contributed by atoms with Crippen molar-refractivity contribution in [3.63, 3.8) is 0 Å². The third-order valence-corrected chi connectivity index (χ3v) is 21.8. The molecule has 3 N–H and O–H groups in total. The van der Waals surface area contributed by atoms with Gasteiger partial charge in [0.15, 0.2) is 0 Å². The number of likely N-dealkylation sites (N-methyl/N-ethyl adjacent to an activating group) is 2. The second-order valence-electron chi connectivity index (χ2n) is 49.2. The van der Waals surface area contributed by atoms with Gasteiger partial charge in [0, 0.05) is 257 Å².